The number of ether oxygens (including phenoxy) is 1. The molecule has 1 aromatic rings. The number of hydrogen-bond acceptors (Lipinski definition) is 2. The van der Waals surface area contributed by atoms with E-state index < -0.39 is 0 Å². The monoisotopic (exact) mass is 289 g/mol. The minimum atomic E-state index is 0.147. The summed E-state index contributed by atoms with van der Waals surface area (Å²) in [5, 5.41) is 0. The fourth-order valence-electron chi connectivity index (χ4n) is 3.35. The Balaban J connectivity index is 2.00. The molecule has 0 aliphatic carbocycles. The molecule has 0 radical (unpaired) electrons. The average Bonchev–Trinajstić information content (AvgIpc) is 2.46. The Morgan fingerprint density at radius 3 is 2.43 bits per heavy atom. The fraction of sp³-hybridized carbons (Fsp3) is 0.737. The van der Waals surface area contributed by atoms with Gasteiger partial charge in [0.2, 0.25) is 0 Å². The molecule has 2 rings (SSSR count). The normalized spacial score (nSPS) is 18.0. The van der Waals surface area contributed by atoms with E-state index >= 15 is 0 Å². The summed E-state index contributed by atoms with van der Waals surface area (Å²) in [5.74, 6) is 0.799. The van der Waals surface area contributed by atoms with Crippen LogP contribution >= 0.6 is 0 Å². The van der Waals surface area contributed by atoms with Crippen LogP contribution in [0.2, 0.25) is 0 Å². The van der Waals surface area contributed by atoms with Crippen LogP contribution in [0.5, 0.6) is 0 Å². The average molecular weight is 289 g/mol. The molecule has 118 valence electrons. The highest BCUT2D eigenvalue weighted by molar-refractivity contribution is 5.20. The first-order chi connectivity index (χ1) is 9.81. The van der Waals surface area contributed by atoms with Gasteiger partial charge < -0.3 is 4.74 Å². The van der Waals surface area contributed by atoms with Crippen molar-refractivity contribution in [1.82, 2.24) is 4.98 Å². The third-order valence-electron chi connectivity index (χ3n) is 5.33. The molecule has 0 atom stereocenters. The molecule has 2 heteroatoms. The van der Waals surface area contributed by atoms with E-state index in [1.165, 1.54) is 36.9 Å². The van der Waals surface area contributed by atoms with Crippen molar-refractivity contribution in [3.63, 3.8) is 0 Å². The maximum absolute atomic E-state index is 5.51. The third kappa shape index (κ3) is 4.29. The van der Waals surface area contributed by atoms with Crippen molar-refractivity contribution in [1.29, 1.82) is 0 Å². The Labute approximate surface area is 130 Å². The largest absolute Gasteiger partial charge is 0.381 e. The molecule has 2 nitrogen and oxygen atoms in total. The van der Waals surface area contributed by atoms with Crippen LogP contribution in [0.4, 0.5) is 0 Å². The van der Waals surface area contributed by atoms with Gasteiger partial charge in [-0.25, -0.2) is 0 Å². The van der Waals surface area contributed by atoms with Crippen molar-refractivity contribution in [3.8, 4) is 0 Å². The van der Waals surface area contributed by atoms with Crippen LogP contribution in [-0.2, 0) is 10.2 Å². The lowest BCUT2D eigenvalue weighted by atomic mass is 9.68. The standard InChI is InChI=1S/C19H31NO/c1-15-6-11-20-17(14-15)19(4,5)10-9-18(2,3)16-7-12-21-13-8-16/h6,11,14,16H,7-10,12-13H2,1-5H3. The van der Waals surface area contributed by atoms with Crippen molar-refractivity contribution >= 4 is 0 Å². The first-order valence-corrected chi connectivity index (χ1v) is 8.32. The van der Waals surface area contributed by atoms with E-state index in [9.17, 15) is 0 Å². The van der Waals surface area contributed by atoms with Crippen molar-refractivity contribution in [2.45, 2.75) is 65.7 Å². The Morgan fingerprint density at radius 2 is 1.81 bits per heavy atom. The lowest BCUT2D eigenvalue weighted by molar-refractivity contribution is 0.0172. The minimum Gasteiger partial charge on any atom is -0.381 e. The molecule has 1 saturated heterocycles. The van der Waals surface area contributed by atoms with Gasteiger partial charge in [0.25, 0.3) is 0 Å². The lowest BCUT2D eigenvalue weighted by Gasteiger charge is -2.39. The van der Waals surface area contributed by atoms with Gasteiger partial charge in [0, 0.05) is 30.5 Å². The molecule has 1 aromatic heterocycles. The van der Waals surface area contributed by atoms with Crippen molar-refractivity contribution in [2.75, 3.05) is 13.2 Å². The molecule has 1 aliphatic heterocycles. The van der Waals surface area contributed by atoms with E-state index in [1.54, 1.807) is 0 Å². The second-order valence-corrected chi connectivity index (χ2v) is 7.98. The summed E-state index contributed by atoms with van der Waals surface area (Å²) in [6.45, 7) is 13.6. The molecule has 0 N–H and O–H groups in total. The van der Waals surface area contributed by atoms with Gasteiger partial charge in [-0.05, 0) is 61.6 Å². The summed E-state index contributed by atoms with van der Waals surface area (Å²) in [6, 6.07) is 4.31. The lowest BCUT2D eigenvalue weighted by Crippen LogP contribution is -2.32. The predicted molar refractivity (Wildman–Crippen MR) is 88.6 cm³/mol. The maximum Gasteiger partial charge on any atom is 0.0468 e. The molecule has 1 aliphatic rings. The van der Waals surface area contributed by atoms with Crippen LogP contribution in [0.3, 0.4) is 0 Å². The second-order valence-electron chi connectivity index (χ2n) is 7.98. The van der Waals surface area contributed by atoms with Crippen molar-refractivity contribution in [2.24, 2.45) is 11.3 Å². The van der Waals surface area contributed by atoms with Gasteiger partial charge in [0.15, 0.2) is 0 Å². The van der Waals surface area contributed by atoms with Gasteiger partial charge in [0.1, 0.15) is 0 Å². The number of pyridine rings is 1. The highest BCUT2D eigenvalue weighted by atomic mass is 16.5. The highest BCUT2D eigenvalue weighted by Crippen LogP contribution is 2.41. The molecule has 0 spiro atoms. The first-order valence-electron chi connectivity index (χ1n) is 8.32. The summed E-state index contributed by atoms with van der Waals surface area (Å²) in [7, 11) is 0. The van der Waals surface area contributed by atoms with Crippen LogP contribution in [0, 0.1) is 18.3 Å². The molecule has 2 heterocycles. The molecular weight excluding hydrogens is 258 g/mol. The van der Waals surface area contributed by atoms with Gasteiger partial charge in [-0.3, -0.25) is 4.98 Å². The van der Waals surface area contributed by atoms with Crippen LogP contribution < -0.4 is 0 Å². The maximum atomic E-state index is 5.51. The molecule has 0 amide bonds. The van der Waals surface area contributed by atoms with Crippen LogP contribution in [0.15, 0.2) is 18.3 Å². The van der Waals surface area contributed by atoms with Crippen LogP contribution in [0.1, 0.15) is 64.6 Å². The van der Waals surface area contributed by atoms with Gasteiger partial charge in [-0.1, -0.05) is 27.7 Å². The molecule has 21 heavy (non-hydrogen) atoms. The molecule has 1 fully saturated rings. The Bertz CT molecular complexity index is 458. The summed E-state index contributed by atoms with van der Waals surface area (Å²) in [5.41, 5.74) is 3.07. The highest BCUT2D eigenvalue weighted by Gasteiger charge is 2.33. The topological polar surface area (TPSA) is 22.1 Å². The van der Waals surface area contributed by atoms with Crippen molar-refractivity contribution in [3.05, 3.63) is 29.6 Å². The van der Waals surface area contributed by atoms with Gasteiger partial charge >= 0.3 is 0 Å². The molecule has 0 bridgehead atoms. The SMILES string of the molecule is Cc1ccnc(C(C)(C)CCC(C)(C)C2CCOCC2)c1. The zero-order valence-electron chi connectivity index (χ0n) is 14.4. The zero-order chi connectivity index (χ0) is 15.5. The summed E-state index contributed by atoms with van der Waals surface area (Å²) >= 11 is 0. The Kier molecular flexibility index (Phi) is 5.08. The summed E-state index contributed by atoms with van der Waals surface area (Å²) in [6.07, 6.45) is 6.82. The quantitative estimate of drug-likeness (QED) is 0.769. The smallest absolute Gasteiger partial charge is 0.0468 e. The number of nitrogens with zero attached hydrogens (tertiary/aromatic N) is 1. The van der Waals surface area contributed by atoms with Gasteiger partial charge in [-0.15, -0.1) is 0 Å². The number of aryl methyl sites for hydroxylation is 1. The summed E-state index contributed by atoms with van der Waals surface area (Å²) in [4.78, 5) is 4.60. The third-order valence-corrected chi connectivity index (χ3v) is 5.33. The van der Waals surface area contributed by atoms with E-state index in [2.05, 4.69) is 51.7 Å². The van der Waals surface area contributed by atoms with Gasteiger partial charge in [0.05, 0.1) is 0 Å². The molecular formula is C19H31NO. The van der Waals surface area contributed by atoms with E-state index in [4.69, 9.17) is 4.74 Å². The number of rotatable bonds is 5. The number of aromatic nitrogens is 1. The van der Waals surface area contributed by atoms with E-state index in [0.29, 0.717) is 5.41 Å². The van der Waals surface area contributed by atoms with Crippen LogP contribution in [-0.4, -0.2) is 18.2 Å². The molecule has 0 saturated carbocycles. The van der Waals surface area contributed by atoms with E-state index in [-0.39, 0.29) is 5.41 Å². The Morgan fingerprint density at radius 1 is 1.14 bits per heavy atom. The van der Waals surface area contributed by atoms with E-state index in [0.717, 1.165) is 19.1 Å². The molecule has 0 unspecified atom stereocenters. The van der Waals surface area contributed by atoms with Crippen molar-refractivity contribution < 1.29 is 4.74 Å². The van der Waals surface area contributed by atoms with Gasteiger partial charge in [-0.2, -0.15) is 0 Å². The number of hydrogen-bond donors (Lipinski definition) is 0. The Hall–Kier alpha value is -0.890. The fourth-order valence-corrected chi connectivity index (χ4v) is 3.35. The van der Waals surface area contributed by atoms with E-state index in [1.807, 2.05) is 6.20 Å². The second kappa shape index (κ2) is 6.48. The zero-order valence-corrected chi connectivity index (χ0v) is 14.4. The van der Waals surface area contributed by atoms with Crippen LogP contribution in [0.25, 0.3) is 0 Å². The molecule has 0 aromatic carbocycles. The predicted octanol–water partition coefficient (Wildman–Crippen LogP) is 4.90. The first kappa shape index (κ1) is 16.5. The minimum absolute atomic E-state index is 0.147. The summed E-state index contributed by atoms with van der Waals surface area (Å²) < 4.78 is 5.51.